The fraction of sp³-hybridized carbons (Fsp3) is 0.375. The van der Waals surface area contributed by atoms with Crippen molar-refractivity contribution in [3.8, 4) is 17.1 Å². The molecule has 2 aromatic carbocycles. The van der Waals surface area contributed by atoms with Gasteiger partial charge in [-0.3, -0.25) is 9.36 Å². The number of hydrogen-bond donors (Lipinski definition) is 1. The van der Waals surface area contributed by atoms with Crippen molar-refractivity contribution in [1.82, 2.24) is 20.1 Å². The number of hydrogen-bond acceptors (Lipinski definition) is 4. The molecule has 30 heavy (non-hydrogen) atoms. The van der Waals surface area contributed by atoms with E-state index in [1.165, 1.54) is 17.3 Å². The van der Waals surface area contributed by atoms with Crippen LogP contribution in [0.25, 0.3) is 17.1 Å². The van der Waals surface area contributed by atoms with Crippen LogP contribution in [-0.2, 0) is 10.2 Å². The molecule has 3 aromatic rings. The van der Waals surface area contributed by atoms with Crippen LogP contribution in [-0.4, -0.2) is 33.0 Å². The third-order valence-corrected chi connectivity index (χ3v) is 5.63. The van der Waals surface area contributed by atoms with Gasteiger partial charge < -0.3 is 5.32 Å². The first-order chi connectivity index (χ1) is 14.3. The number of aromatic nitrogens is 3. The van der Waals surface area contributed by atoms with Crippen LogP contribution in [0.15, 0.2) is 59.8 Å². The first-order valence-electron chi connectivity index (χ1n) is 10.3. The monoisotopic (exact) mass is 422 g/mol. The largest absolute Gasteiger partial charge is 0.355 e. The highest BCUT2D eigenvalue weighted by Crippen LogP contribution is 2.30. The molecular weight excluding hydrogens is 392 g/mol. The van der Waals surface area contributed by atoms with E-state index in [-0.39, 0.29) is 11.3 Å². The SMILES string of the molecule is CC(C)CNC(=O)CSc1nnc(-c2ccc(C(C)(C)C)cc2)n1-c1ccccc1. The normalized spacial score (nSPS) is 11.7. The van der Waals surface area contributed by atoms with E-state index >= 15 is 0 Å². The molecule has 0 fully saturated rings. The number of rotatable bonds is 7. The van der Waals surface area contributed by atoms with E-state index in [9.17, 15) is 4.79 Å². The molecule has 1 amide bonds. The Bertz CT molecular complexity index is 973. The van der Waals surface area contributed by atoms with Crippen LogP contribution < -0.4 is 5.32 Å². The number of amides is 1. The lowest BCUT2D eigenvalue weighted by Crippen LogP contribution is -2.28. The van der Waals surface area contributed by atoms with Crippen LogP contribution in [0.2, 0.25) is 0 Å². The lowest BCUT2D eigenvalue weighted by atomic mass is 9.87. The van der Waals surface area contributed by atoms with E-state index < -0.39 is 0 Å². The molecule has 6 heteroatoms. The number of thioether (sulfide) groups is 1. The van der Waals surface area contributed by atoms with E-state index in [2.05, 4.69) is 74.4 Å². The van der Waals surface area contributed by atoms with Crippen LogP contribution >= 0.6 is 11.8 Å². The van der Waals surface area contributed by atoms with Crippen LogP contribution in [0.4, 0.5) is 0 Å². The molecule has 0 radical (unpaired) electrons. The highest BCUT2D eigenvalue weighted by atomic mass is 32.2. The Hall–Kier alpha value is -2.60. The van der Waals surface area contributed by atoms with Crippen molar-refractivity contribution in [3.63, 3.8) is 0 Å². The summed E-state index contributed by atoms with van der Waals surface area (Å²) >= 11 is 1.40. The van der Waals surface area contributed by atoms with Crippen molar-refractivity contribution in [3.05, 3.63) is 60.2 Å². The summed E-state index contributed by atoms with van der Waals surface area (Å²) in [4.78, 5) is 12.2. The summed E-state index contributed by atoms with van der Waals surface area (Å²) in [7, 11) is 0. The molecular formula is C24H30N4OS. The first-order valence-corrected chi connectivity index (χ1v) is 11.3. The molecule has 0 atom stereocenters. The Morgan fingerprint density at radius 3 is 2.30 bits per heavy atom. The van der Waals surface area contributed by atoms with E-state index in [0.29, 0.717) is 23.4 Å². The third-order valence-electron chi connectivity index (χ3n) is 4.70. The van der Waals surface area contributed by atoms with Crippen LogP contribution in [0.1, 0.15) is 40.2 Å². The molecule has 0 saturated carbocycles. The summed E-state index contributed by atoms with van der Waals surface area (Å²) in [6, 6.07) is 18.5. The summed E-state index contributed by atoms with van der Waals surface area (Å²) < 4.78 is 2.02. The van der Waals surface area contributed by atoms with Gasteiger partial charge in [0.1, 0.15) is 0 Å². The van der Waals surface area contributed by atoms with Gasteiger partial charge in [-0.1, -0.05) is 88.8 Å². The molecule has 5 nitrogen and oxygen atoms in total. The molecule has 1 aromatic heterocycles. The van der Waals surface area contributed by atoms with Crippen molar-refractivity contribution in [2.24, 2.45) is 5.92 Å². The van der Waals surface area contributed by atoms with Gasteiger partial charge in [0, 0.05) is 17.8 Å². The summed E-state index contributed by atoms with van der Waals surface area (Å²) in [5, 5.41) is 12.5. The maximum Gasteiger partial charge on any atom is 0.230 e. The summed E-state index contributed by atoms with van der Waals surface area (Å²) in [5.41, 5.74) is 3.34. The molecule has 158 valence electrons. The lowest BCUT2D eigenvalue weighted by Gasteiger charge is -2.19. The van der Waals surface area contributed by atoms with Crippen molar-refractivity contribution in [2.45, 2.75) is 45.2 Å². The predicted octanol–water partition coefficient (Wildman–Crippen LogP) is 5.10. The number of nitrogens with zero attached hydrogens (tertiary/aromatic N) is 3. The Labute approximate surface area is 183 Å². The molecule has 0 unspecified atom stereocenters. The number of nitrogens with one attached hydrogen (secondary N) is 1. The maximum absolute atomic E-state index is 12.2. The Balaban J connectivity index is 1.90. The molecule has 1 heterocycles. The Morgan fingerprint density at radius 2 is 1.70 bits per heavy atom. The van der Waals surface area contributed by atoms with E-state index in [1.807, 2.05) is 34.9 Å². The van der Waals surface area contributed by atoms with E-state index in [1.54, 1.807) is 0 Å². The average Bonchev–Trinajstić information content (AvgIpc) is 3.14. The zero-order chi connectivity index (χ0) is 21.7. The van der Waals surface area contributed by atoms with Gasteiger partial charge in [-0.25, -0.2) is 0 Å². The van der Waals surface area contributed by atoms with E-state index in [0.717, 1.165) is 17.1 Å². The molecule has 3 rings (SSSR count). The smallest absolute Gasteiger partial charge is 0.230 e. The second kappa shape index (κ2) is 9.47. The van der Waals surface area contributed by atoms with Gasteiger partial charge in [0.15, 0.2) is 11.0 Å². The van der Waals surface area contributed by atoms with Crippen molar-refractivity contribution >= 4 is 17.7 Å². The minimum atomic E-state index is 0.00684. The summed E-state index contributed by atoms with van der Waals surface area (Å²) in [6.07, 6.45) is 0. The average molecular weight is 423 g/mol. The lowest BCUT2D eigenvalue weighted by molar-refractivity contribution is -0.118. The molecule has 0 spiro atoms. The first kappa shape index (κ1) is 22.1. The van der Waals surface area contributed by atoms with Gasteiger partial charge in [0.05, 0.1) is 5.75 Å². The molecule has 0 aliphatic heterocycles. The highest BCUT2D eigenvalue weighted by Gasteiger charge is 2.19. The van der Waals surface area contributed by atoms with Crippen LogP contribution in [0.5, 0.6) is 0 Å². The van der Waals surface area contributed by atoms with Gasteiger partial charge in [0.25, 0.3) is 0 Å². The van der Waals surface area contributed by atoms with Crippen LogP contribution in [0.3, 0.4) is 0 Å². The van der Waals surface area contributed by atoms with Crippen LogP contribution in [0, 0.1) is 5.92 Å². The minimum absolute atomic E-state index is 0.00684. The van der Waals surface area contributed by atoms with Gasteiger partial charge >= 0.3 is 0 Å². The fourth-order valence-corrected chi connectivity index (χ4v) is 3.76. The van der Waals surface area contributed by atoms with E-state index in [4.69, 9.17) is 0 Å². The number of para-hydroxylation sites is 1. The van der Waals surface area contributed by atoms with Gasteiger partial charge in [-0.05, 0) is 29.0 Å². The molecule has 0 saturated heterocycles. The van der Waals surface area contributed by atoms with Crippen molar-refractivity contribution in [1.29, 1.82) is 0 Å². The second-order valence-electron chi connectivity index (χ2n) is 8.79. The van der Waals surface area contributed by atoms with Gasteiger partial charge in [-0.2, -0.15) is 0 Å². The summed E-state index contributed by atoms with van der Waals surface area (Å²) in [6.45, 7) is 11.4. The zero-order valence-corrected chi connectivity index (χ0v) is 19.2. The fourth-order valence-electron chi connectivity index (χ4n) is 2.98. The van der Waals surface area contributed by atoms with Crippen molar-refractivity contribution < 1.29 is 4.79 Å². The highest BCUT2D eigenvalue weighted by molar-refractivity contribution is 7.99. The second-order valence-corrected chi connectivity index (χ2v) is 9.73. The van der Waals surface area contributed by atoms with Gasteiger partial charge in [0.2, 0.25) is 5.91 Å². The summed E-state index contributed by atoms with van der Waals surface area (Å²) in [5.74, 6) is 1.51. The topological polar surface area (TPSA) is 59.8 Å². The molecule has 1 N–H and O–H groups in total. The number of benzene rings is 2. The zero-order valence-electron chi connectivity index (χ0n) is 18.3. The number of carbonyl (C=O) groups is 1. The molecule has 0 aliphatic carbocycles. The quantitative estimate of drug-likeness (QED) is 0.539. The Kier molecular flexibility index (Phi) is 6.98. The molecule has 0 aliphatic rings. The minimum Gasteiger partial charge on any atom is -0.355 e. The number of carbonyl (C=O) groups excluding carboxylic acids is 1. The van der Waals surface area contributed by atoms with Crippen molar-refractivity contribution in [2.75, 3.05) is 12.3 Å². The maximum atomic E-state index is 12.2. The predicted molar refractivity (Wildman–Crippen MR) is 124 cm³/mol. The Morgan fingerprint density at radius 1 is 1.03 bits per heavy atom. The standard InChI is InChI=1S/C24H30N4OS/c1-17(2)15-25-21(29)16-30-23-27-26-22(28(23)20-9-7-6-8-10-20)18-11-13-19(14-12-18)24(3,4)5/h6-14,17H,15-16H2,1-5H3,(H,25,29). The van der Waals surface area contributed by atoms with Gasteiger partial charge in [-0.15, -0.1) is 10.2 Å². The molecule has 0 bridgehead atoms. The third kappa shape index (κ3) is 5.51.